The minimum atomic E-state index is -0.119. The van der Waals surface area contributed by atoms with E-state index >= 15 is 0 Å². The zero-order valence-electron chi connectivity index (χ0n) is 6.39. The zero-order chi connectivity index (χ0) is 8.15. The molecule has 0 aromatic heterocycles. The van der Waals surface area contributed by atoms with Gasteiger partial charge in [0.1, 0.15) is 4.99 Å². The van der Waals surface area contributed by atoms with E-state index in [4.69, 9.17) is 12.2 Å². The van der Waals surface area contributed by atoms with Gasteiger partial charge in [0.15, 0.2) is 0 Å². The molecule has 2 nitrogen and oxygen atoms in total. The molecule has 0 atom stereocenters. The van der Waals surface area contributed by atoms with Crippen LogP contribution < -0.4 is 5.32 Å². The summed E-state index contributed by atoms with van der Waals surface area (Å²) in [5.41, 5.74) is 0.921. The van der Waals surface area contributed by atoms with Crippen LogP contribution in [-0.4, -0.2) is 10.9 Å². The number of nitrogens with one attached hydrogen (secondary N) is 1. The Morgan fingerprint density at radius 2 is 2.00 bits per heavy atom. The summed E-state index contributed by atoms with van der Waals surface area (Å²) < 4.78 is 0. The largest absolute Gasteiger partial charge is 0.317 e. The maximum Gasteiger partial charge on any atom is 0.221 e. The monoisotopic (exact) mass is 157 g/mol. The van der Waals surface area contributed by atoms with Crippen LogP contribution in [0.15, 0.2) is 11.6 Å². The number of rotatable bonds is 1. The van der Waals surface area contributed by atoms with Crippen molar-refractivity contribution in [3.63, 3.8) is 0 Å². The Balaban J connectivity index is 3.99. The van der Waals surface area contributed by atoms with Gasteiger partial charge in [0.25, 0.3) is 0 Å². The second-order valence-electron chi connectivity index (χ2n) is 1.98. The fraction of sp³-hybridized carbons (Fsp3) is 0.429. The van der Waals surface area contributed by atoms with E-state index in [1.54, 1.807) is 0 Å². The van der Waals surface area contributed by atoms with E-state index in [1.165, 1.54) is 6.92 Å². The highest BCUT2D eigenvalue weighted by molar-refractivity contribution is 7.80. The van der Waals surface area contributed by atoms with Crippen LogP contribution in [0.3, 0.4) is 0 Å². The van der Waals surface area contributed by atoms with Crippen LogP contribution in [0.2, 0.25) is 0 Å². The third-order valence-electron chi connectivity index (χ3n) is 1.08. The van der Waals surface area contributed by atoms with Gasteiger partial charge in [-0.1, -0.05) is 18.3 Å². The summed E-state index contributed by atoms with van der Waals surface area (Å²) in [7, 11) is 0. The maximum atomic E-state index is 10.4. The van der Waals surface area contributed by atoms with Gasteiger partial charge in [-0.2, -0.15) is 0 Å². The lowest BCUT2D eigenvalue weighted by Crippen LogP contribution is -2.26. The van der Waals surface area contributed by atoms with Crippen molar-refractivity contribution >= 4 is 23.1 Å². The van der Waals surface area contributed by atoms with E-state index in [9.17, 15) is 4.79 Å². The molecule has 3 heteroatoms. The van der Waals surface area contributed by atoms with Crippen molar-refractivity contribution in [1.29, 1.82) is 0 Å². The fourth-order valence-electron chi connectivity index (χ4n) is 0.390. The van der Waals surface area contributed by atoms with Crippen molar-refractivity contribution < 1.29 is 4.79 Å². The molecule has 10 heavy (non-hydrogen) atoms. The Kier molecular flexibility index (Phi) is 3.88. The third-order valence-corrected chi connectivity index (χ3v) is 1.50. The van der Waals surface area contributed by atoms with Crippen LogP contribution in [0, 0.1) is 0 Å². The molecule has 0 aromatic rings. The zero-order valence-corrected chi connectivity index (χ0v) is 7.21. The van der Waals surface area contributed by atoms with Crippen molar-refractivity contribution in [2.24, 2.45) is 0 Å². The van der Waals surface area contributed by atoms with Crippen molar-refractivity contribution in [2.75, 3.05) is 0 Å². The fourth-order valence-corrected chi connectivity index (χ4v) is 0.651. The van der Waals surface area contributed by atoms with Crippen LogP contribution in [0.5, 0.6) is 0 Å². The second kappa shape index (κ2) is 4.17. The summed E-state index contributed by atoms with van der Waals surface area (Å²) in [6.07, 6.45) is 1.86. The van der Waals surface area contributed by atoms with E-state index in [0.717, 1.165) is 5.57 Å². The SMILES string of the molecule is C/C=C(/C)C(=S)NC(C)=O. The highest BCUT2D eigenvalue weighted by Gasteiger charge is 1.98. The smallest absolute Gasteiger partial charge is 0.221 e. The van der Waals surface area contributed by atoms with Crippen molar-refractivity contribution in [3.8, 4) is 0 Å². The van der Waals surface area contributed by atoms with Gasteiger partial charge in [0.2, 0.25) is 5.91 Å². The molecule has 0 spiro atoms. The Morgan fingerprint density at radius 1 is 1.50 bits per heavy atom. The standard InChI is InChI=1S/C7H11NOS/c1-4-5(2)7(10)8-6(3)9/h4H,1-3H3,(H,8,9,10)/b5-4-. The first-order valence-corrected chi connectivity index (χ1v) is 3.43. The highest BCUT2D eigenvalue weighted by atomic mass is 32.1. The first-order valence-electron chi connectivity index (χ1n) is 3.02. The molecule has 0 aliphatic rings. The minimum Gasteiger partial charge on any atom is -0.317 e. The average molecular weight is 157 g/mol. The lowest BCUT2D eigenvalue weighted by molar-refractivity contribution is -0.117. The Hall–Kier alpha value is -0.700. The predicted molar refractivity (Wildman–Crippen MR) is 45.8 cm³/mol. The van der Waals surface area contributed by atoms with Gasteiger partial charge in [-0.15, -0.1) is 0 Å². The van der Waals surface area contributed by atoms with Gasteiger partial charge in [-0.05, 0) is 19.4 Å². The summed E-state index contributed by atoms with van der Waals surface area (Å²) in [5, 5.41) is 2.52. The molecule has 0 radical (unpaired) electrons. The molecular formula is C7H11NOS. The van der Waals surface area contributed by atoms with Crippen molar-refractivity contribution in [2.45, 2.75) is 20.8 Å². The van der Waals surface area contributed by atoms with Gasteiger partial charge >= 0.3 is 0 Å². The Labute approximate surface area is 66.3 Å². The van der Waals surface area contributed by atoms with Crippen molar-refractivity contribution in [1.82, 2.24) is 5.32 Å². The van der Waals surface area contributed by atoms with Crippen LogP contribution in [0.4, 0.5) is 0 Å². The Bertz CT molecular complexity index is 184. The van der Waals surface area contributed by atoms with Gasteiger partial charge in [0.05, 0.1) is 0 Å². The lowest BCUT2D eigenvalue weighted by atomic mass is 10.3. The number of allylic oxidation sites excluding steroid dienone is 1. The normalized spacial score (nSPS) is 10.9. The molecule has 1 amide bonds. The quantitative estimate of drug-likeness (QED) is 0.460. The molecule has 0 bridgehead atoms. The topological polar surface area (TPSA) is 29.1 Å². The summed E-state index contributed by atoms with van der Waals surface area (Å²) in [4.78, 5) is 11.0. The number of hydrogen-bond acceptors (Lipinski definition) is 2. The van der Waals surface area contributed by atoms with E-state index in [1.807, 2.05) is 19.9 Å². The van der Waals surface area contributed by atoms with Gasteiger partial charge in [-0.25, -0.2) is 0 Å². The van der Waals surface area contributed by atoms with Crippen LogP contribution in [0.1, 0.15) is 20.8 Å². The lowest BCUT2D eigenvalue weighted by Gasteiger charge is -2.01. The molecule has 56 valence electrons. The van der Waals surface area contributed by atoms with Crippen LogP contribution >= 0.6 is 12.2 Å². The molecule has 0 rings (SSSR count). The molecule has 0 saturated heterocycles. The molecule has 0 fully saturated rings. The average Bonchev–Trinajstić information content (AvgIpc) is 1.85. The van der Waals surface area contributed by atoms with E-state index in [-0.39, 0.29) is 5.91 Å². The van der Waals surface area contributed by atoms with Gasteiger partial charge < -0.3 is 5.32 Å². The molecule has 0 aromatic carbocycles. The molecule has 0 unspecified atom stereocenters. The number of thiocarbonyl (C=S) groups is 1. The number of hydrogen-bond donors (Lipinski definition) is 1. The van der Waals surface area contributed by atoms with Crippen LogP contribution in [-0.2, 0) is 4.79 Å². The highest BCUT2D eigenvalue weighted by Crippen LogP contribution is 1.92. The van der Waals surface area contributed by atoms with Crippen molar-refractivity contribution in [3.05, 3.63) is 11.6 Å². The Morgan fingerprint density at radius 3 is 2.30 bits per heavy atom. The number of carbonyl (C=O) groups excluding carboxylic acids is 1. The first-order chi connectivity index (χ1) is 4.57. The van der Waals surface area contributed by atoms with Gasteiger partial charge in [-0.3, -0.25) is 4.79 Å². The predicted octanol–water partition coefficient (Wildman–Crippen LogP) is 1.42. The first kappa shape index (κ1) is 9.30. The summed E-state index contributed by atoms with van der Waals surface area (Å²) in [6.45, 7) is 5.18. The molecule has 1 N–H and O–H groups in total. The van der Waals surface area contributed by atoms with Gasteiger partial charge in [0, 0.05) is 6.92 Å². The molecule has 0 aliphatic carbocycles. The number of carbonyl (C=O) groups is 1. The summed E-state index contributed by atoms with van der Waals surface area (Å²) in [5.74, 6) is -0.119. The molecule has 0 heterocycles. The van der Waals surface area contributed by atoms with E-state index in [2.05, 4.69) is 5.32 Å². The number of amides is 1. The third kappa shape index (κ3) is 3.35. The summed E-state index contributed by atoms with van der Waals surface area (Å²) >= 11 is 4.85. The minimum absolute atomic E-state index is 0.119. The second-order valence-corrected chi connectivity index (χ2v) is 2.39. The molecule has 0 saturated carbocycles. The van der Waals surface area contributed by atoms with E-state index < -0.39 is 0 Å². The molecule has 0 aliphatic heterocycles. The van der Waals surface area contributed by atoms with Crippen LogP contribution in [0.25, 0.3) is 0 Å². The molecular weight excluding hydrogens is 146 g/mol. The summed E-state index contributed by atoms with van der Waals surface area (Å²) in [6, 6.07) is 0. The maximum absolute atomic E-state index is 10.4. The van der Waals surface area contributed by atoms with E-state index in [0.29, 0.717) is 4.99 Å².